The molecule has 4 rings (SSSR count). The van der Waals surface area contributed by atoms with Gasteiger partial charge in [0.05, 0.1) is 6.04 Å². The molecule has 1 aliphatic heterocycles. The number of hydrogen-bond donors (Lipinski definition) is 1. The number of rotatable bonds is 5. The van der Waals surface area contributed by atoms with Gasteiger partial charge in [-0.25, -0.2) is 4.39 Å². The zero-order valence-electron chi connectivity index (χ0n) is 17.5. The standard InChI is InChI=1S/C25H27FN2OS/c1-17-18(2)30-25(27-24(29)19-10-5-3-6-11-19)22(17)23(28-14-7-4-8-15-28)20-12-9-13-21(26)16-20/h3,5-6,9-13,16,23H,4,7-8,14-15H2,1-2H3,(H,27,29)/t23-/m0/s1. The van der Waals surface area contributed by atoms with E-state index in [1.54, 1.807) is 23.5 Å². The first-order valence-corrected chi connectivity index (χ1v) is 11.3. The molecule has 5 heteroatoms. The van der Waals surface area contributed by atoms with E-state index in [0.717, 1.165) is 42.1 Å². The summed E-state index contributed by atoms with van der Waals surface area (Å²) >= 11 is 1.60. The number of nitrogens with one attached hydrogen (secondary N) is 1. The van der Waals surface area contributed by atoms with Crippen LogP contribution in [0, 0.1) is 19.7 Å². The van der Waals surface area contributed by atoms with E-state index in [0.29, 0.717) is 5.56 Å². The van der Waals surface area contributed by atoms with Gasteiger partial charge in [-0.3, -0.25) is 9.69 Å². The average Bonchev–Trinajstić information content (AvgIpc) is 3.03. The Labute approximate surface area is 181 Å². The summed E-state index contributed by atoms with van der Waals surface area (Å²) in [4.78, 5) is 16.5. The van der Waals surface area contributed by atoms with Crippen molar-refractivity contribution in [2.24, 2.45) is 0 Å². The summed E-state index contributed by atoms with van der Waals surface area (Å²) in [5.74, 6) is -0.344. The molecule has 0 radical (unpaired) electrons. The highest BCUT2D eigenvalue weighted by Gasteiger charge is 2.30. The maximum absolute atomic E-state index is 14.2. The molecule has 0 saturated carbocycles. The number of aryl methyl sites for hydroxylation is 1. The summed E-state index contributed by atoms with van der Waals surface area (Å²) in [5, 5.41) is 4.01. The molecule has 1 N–H and O–H groups in total. The van der Waals surface area contributed by atoms with E-state index in [-0.39, 0.29) is 17.8 Å². The third-order valence-corrected chi connectivity index (χ3v) is 7.03. The Hall–Kier alpha value is -2.50. The Balaban J connectivity index is 1.77. The van der Waals surface area contributed by atoms with Crippen LogP contribution in [0.3, 0.4) is 0 Å². The van der Waals surface area contributed by atoms with Crippen LogP contribution < -0.4 is 5.32 Å². The Bertz CT molecular complexity index is 1020. The van der Waals surface area contributed by atoms with Crippen LogP contribution in [0.5, 0.6) is 0 Å². The molecule has 3 nitrogen and oxygen atoms in total. The van der Waals surface area contributed by atoms with Crippen molar-refractivity contribution in [1.29, 1.82) is 0 Å². The summed E-state index contributed by atoms with van der Waals surface area (Å²) in [7, 11) is 0. The van der Waals surface area contributed by atoms with Crippen molar-refractivity contribution in [3.63, 3.8) is 0 Å². The predicted octanol–water partition coefficient (Wildman–Crippen LogP) is 6.33. The zero-order chi connectivity index (χ0) is 21.1. The largest absolute Gasteiger partial charge is 0.313 e. The Morgan fingerprint density at radius 2 is 1.77 bits per heavy atom. The summed E-state index contributed by atoms with van der Waals surface area (Å²) in [6.45, 7) is 6.14. The van der Waals surface area contributed by atoms with Crippen molar-refractivity contribution in [1.82, 2.24) is 4.90 Å². The molecule has 1 aromatic heterocycles. The minimum atomic E-state index is -0.228. The number of nitrogens with zero attached hydrogens (tertiary/aromatic N) is 1. The molecule has 1 saturated heterocycles. The minimum Gasteiger partial charge on any atom is -0.313 e. The van der Waals surface area contributed by atoms with E-state index in [4.69, 9.17) is 0 Å². The number of thiophene rings is 1. The van der Waals surface area contributed by atoms with Crippen molar-refractivity contribution >= 4 is 22.2 Å². The highest BCUT2D eigenvalue weighted by molar-refractivity contribution is 7.16. The molecule has 1 atom stereocenters. The van der Waals surface area contributed by atoms with Gasteiger partial charge >= 0.3 is 0 Å². The molecule has 2 heterocycles. The fourth-order valence-electron chi connectivity index (χ4n) is 4.24. The van der Waals surface area contributed by atoms with Gasteiger partial charge in [-0.05, 0) is 75.2 Å². The monoisotopic (exact) mass is 422 g/mol. The number of benzene rings is 2. The summed E-state index contributed by atoms with van der Waals surface area (Å²) < 4.78 is 14.2. The van der Waals surface area contributed by atoms with E-state index in [9.17, 15) is 9.18 Å². The van der Waals surface area contributed by atoms with Crippen molar-refractivity contribution in [2.45, 2.75) is 39.2 Å². The van der Waals surface area contributed by atoms with Crippen molar-refractivity contribution in [2.75, 3.05) is 18.4 Å². The molecular formula is C25H27FN2OS. The van der Waals surface area contributed by atoms with Gasteiger partial charge in [0.2, 0.25) is 0 Å². The normalized spacial score (nSPS) is 15.7. The molecule has 1 aliphatic rings. The van der Waals surface area contributed by atoms with Crippen LogP contribution in [0.4, 0.5) is 9.39 Å². The average molecular weight is 423 g/mol. The Morgan fingerprint density at radius 1 is 1.03 bits per heavy atom. The van der Waals surface area contributed by atoms with Crippen molar-refractivity contribution in [3.05, 3.63) is 87.5 Å². The lowest BCUT2D eigenvalue weighted by Gasteiger charge is -2.36. The second kappa shape index (κ2) is 9.11. The van der Waals surface area contributed by atoms with E-state index in [1.807, 2.05) is 36.4 Å². The third-order valence-electron chi connectivity index (χ3n) is 5.89. The van der Waals surface area contributed by atoms with Gasteiger partial charge in [-0.2, -0.15) is 0 Å². The maximum Gasteiger partial charge on any atom is 0.256 e. The number of anilines is 1. The van der Waals surface area contributed by atoms with E-state index in [2.05, 4.69) is 24.1 Å². The van der Waals surface area contributed by atoms with E-state index in [1.165, 1.54) is 22.9 Å². The minimum absolute atomic E-state index is 0.0722. The maximum atomic E-state index is 14.2. The topological polar surface area (TPSA) is 32.3 Å². The van der Waals surface area contributed by atoms with Gasteiger partial charge in [0.25, 0.3) is 5.91 Å². The molecule has 1 amide bonds. The first-order chi connectivity index (χ1) is 14.5. The number of likely N-dealkylation sites (tertiary alicyclic amines) is 1. The fourth-order valence-corrected chi connectivity index (χ4v) is 5.33. The van der Waals surface area contributed by atoms with E-state index < -0.39 is 0 Å². The number of hydrogen-bond acceptors (Lipinski definition) is 3. The number of amides is 1. The van der Waals surface area contributed by atoms with Crippen LogP contribution in [0.2, 0.25) is 0 Å². The summed E-state index contributed by atoms with van der Waals surface area (Å²) in [6.07, 6.45) is 3.50. The van der Waals surface area contributed by atoms with Crippen LogP contribution in [-0.4, -0.2) is 23.9 Å². The molecule has 3 aromatic rings. The second-order valence-electron chi connectivity index (χ2n) is 7.90. The number of carbonyl (C=O) groups excluding carboxylic acids is 1. The first kappa shape index (κ1) is 20.8. The van der Waals surface area contributed by atoms with Crippen LogP contribution in [-0.2, 0) is 0 Å². The van der Waals surface area contributed by atoms with Gasteiger partial charge in [0, 0.05) is 16.0 Å². The van der Waals surface area contributed by atoms with Gasteiger partial charge in [0.1, 0.15) is 10.8 Å². The van der Waals surface area contributed by atoms with Crippen molar-refractivity contribution in [3.8, 4) is 0 Å². The van der Waals surface area contributed by atoms with Crippen LogP contribution >= 0.6 is 11.3 Å². The number of piperidine rings is 1. The second-order valence-corrected chi connectivity index (χ2v) is 9.13. The molecule has 156 valence electrons. The van der Waals surface area contributed by atoms with E-state index >= 15 is 0 Å². The van der Waals surface area contributed by atoms with Crippen LogP contribution in [0.25, 0.3) is 0 Å². The lowest BCUT2D eigenvalue weighted by Crippen LogP contribution is -2.35. The third kappa shape index (κ3) is 4.32. The molecule has 0 spiro atoms. The molecule has 0 bridgehead atoms. The fraction of sp³-hybridized carbons (Fsp3) is 0.320. The lowest BCUT2D eigenvalue weighted by atomic mass is 9.93. The molecule has 0 aliphatic carbocycles. The van der Waals surface area contributed by atoms with Gasteiger partial charge in [-0.15, -0.1) is 11.3 Å². The predicted molar refractivity (Wildman–Crippen MR) is 122 cm³/mol. The summed E-state index contributed by atoms with van der Waals surface area (Å²) in [6, 6.07) is 16.1. The smallest absolute Gasteiger partial charge is 0.256 e. The van der Waals surface area contributed by atoms with Crippen molar-refractivity contribution < 1.29 is 9.18 Å². The van der Waals surface area contributed by atoms with Gasteiger partial charge in [0.15, 0.2) is 0 Å². The molecule has 2 aromatic carbocycles. The zero-order valence-corrected chi connectivity index (χ0v) is 18.3. The first-order valence-electron chi connectivity index (χ1n) is 10.5. The summed E-state index contributed by atoms with van der Waals surface area (Å²) in [5.41, 5.74) is 3.83. The molecule has 30 heavy (non-hydrogen) atoms. The molecule has 0 unspecified atom stereocenters. The SMILES string of the molecule is Cc1sc(NC(=O)c2ccccc2)c([C@H](c2cccc(F)c2)N2CCCCC2)c1C. The number of carbonyl (C=O) groups is 1. The van der Waals surface area contributed by atoms with Gasteiger partial charge in [-0.1, -0.05) is 36.8 Å². The quantitative estimate of drug-likeness (QED) is 0.521. The molecular weight excluding hydrogens is 395 g/mol. The number of halogens is 1. The lowest BCUT2D eigenvalue weighted by molar-refractivity contribution is 0.102. The highest BCUT2D eigenvalue weighted by atomic mass is 32.1. The molecule has 1 fully saturated rings. The highest BCUT2D eigenvalue weighted by Crippen LogP contribution is 2.43. The Morgan fingerprint density at radius 3 is 2.47 bits per heavy atom. The Kier molecular flexibility index (Phi) is 6.30. The van der Waals surface area contributed by atoms with Crippen LogP contribution in [0.15, 0.2) is 54.6 Å². The van der Waals surface area contributed by atoms with Crippen LogP contribution in [0.1, 0.15) is 57.2 Å². The van der Waals surface area contributed by atoms with Gasteiger partial charge < -0.3 is 5.32 Å².